The van der Waals surface area contributed by atoms with Gasteiger partial charge in [-0.15, -0.1) is 0 Å². The number of aliphatic hydroxyl groups excluding tert-OH is 1. The Morgan fingerprint density at radius 2 is 2.00 bits per heavy atom. The van der Waals surface area contributed by atoms with Crippen LogP contribution in [0.15, 0.2) is 23.5 Å². The molecule has 5 nitrogen and oxygen atoms in total. The summed E-state index contributed by atoms with van der Waals surface area (Å²) in [4.78, 5) is 12.5. The molecular weight excluding hydrogens is 356 g/mol. The van der Waals surface area contributed by atoms with E-state index in [4.69, 9.17) is 14.2 Å². The van der Waals surface area contributed by atoms with Gasteiger partial charge < -0.3 is 19.3 Å². The summed E-state index contributed by atoms with van der Waals surface area (Å²) in [6, 6.07) is 4.33. The second-order valence-electron chi connectivity index (χ2n) is 9.27. The average molecular weight is 386 g/mol. The van der Waals surface area contributed by atoms with Crippen LogP contribution in [0.3, 0.4) is 0 Å². The highest BCUT2D eigenvalue weighted by Crippen LogP contribution is 2.60. The smallest absolute Gasteiger partial charge is 0.337 e. The summed E-state index contributed by atoms with van der Waals surface area (Å²) in [6.07, 6.45) is 1.68. The minimum atomic E-state index is -0.750. The molecule has 0 radical (unpaired) electrons. The molecule has 1 N–H and O–H groups in total. The fourth-order valence-electron chi connectivity index (χ4n) is 5.33. The summed E-state index contributed by atoms with van der Waals surface area (Å²) in [7, 11) is 1.37. The lowest BCUT2D eigenvalue weighted by Crippen LogP contribution is -2.48. The van der Waals surface area contributed by atoms with Crippen LogP contribution in [-0.2, 0) is 19.7 Å². The van der Waals surface area contributed by atoms with E-state index in [1.165, 1.54) is 12.7 Å². The second-order valence-corrected chi connectivity index (χ2v) is 9.27. The van der Waals surface area contributed by atoms with Gasteiger partial charge in [-0.3, -0.25) is 0 Å². The maximum Gasteiger partial charge on any atom is 0.337 e. The first-order valence-electron chi connectivity index (χ1n) is 10.1. The van der Waals surface area contributed by atoms with Gasteiger partial charge in [-0.2, -0.15) is 0 Å². The van der Waals surface area contributed by atoms with Gasteiger partial charge in [0.05, 0.1) is 18.8 Å². The molecule has 152 valence electrons. The van der Waals surface area contributed by atoms with Crippen molar-refractivity contribution >= 4 is 5.97 Å². The van der Waals surface area contributed by atoms with Gasteiger partial charge in [0.2, 0.25) is 5.79 Å². The molecule has 0 aromatic heterocycles. The molecule has 0 saturated heterocycles. The molecule has 3 atom stereocenters. The van der Waals surface area contributed by atoms with Crippen molar-refractivity contribution in [3.63, 3.8) is 0 Å². The lowest BCUT2D eigenvalue weighted by atomic mass is 9.56. The molecule has 1 aliphatic heterocycles. The van der Waals surface area contributed by atoms with E-state index in [9.17, 15) is 9.90 Å². The van der Waals surface area contributed by atoms with Crippen LogP contribution in [0.25, 0.3) is 0 Å². The molecular formula is C23H30O5. The zero-order valence-corrected chi connectivity index (χ0v) is 17.6. The monoisotopic (exact) mass is 386 g/mol. The van der Waals surface area contributed by atoms with Crippen molar-refractivity contribution in [2.24, 2.45) is 5.92 Å². The van der Waals surface area contributed by atoms with Crippen molar-refractivity contribution in [1.29, 1.82) is 0 Å². The lowest BCUT2D eigenvalue weighted by molar-refractivity contribution is -0.215. The molecule has 0 saturated carbocycles. The minimum absolute atomic E-state index is 0.155. The van der Waals surface area contributed by atoms with Gasteiger partial charge in [0.25, 0.3) is 0 Å². The Morgan fingerprint density at radius 3 is 2.64 bits per heavy atom. The van der Waals surface area contributed by atoms with E-state index >= 15 is 0 Å². The van der Waals surface area contributed by atoms with Crippen LogP contribution < -0.4 is 4.74 Å². The van der Waals surface area contributed by atoms with Crippen LogP contribution in [0.2, 0.25) is 0 Å². The number of esters is 1. The third-order valence-corrected chi connectivity index (χ3v) is 6.72. The molecule has 5 heteroatoms. The van der Waals surface area contributed by atoms with Crippen LogP contribution in [0, 0.1) is 5.92 Å². The molecule has 4 rings (SSSR count). The predicted molar refractivity (Wildman–Crippen MR) is 105 cm³/mol. The SMILES string of the molecule is COC(=O)C1=C(O)CC[C@@]2(C)c3ccc(C(C)C)c4c3[C@H](C[C@@H]12)OC(C)(C)O4. The fraction of sp³-hybridized carbons (Fsp3) is 0.609. The summed E-state index contributed by atoms with van der Waals surface area (Å²) in [5, 5.41) is 10.5. The van der Waals surface area contributed by atoms with E-state index in [0.29, 0.717) is 24.3 Å². The van der Waals surface area contributed by atoms with Crippen molar-refractivity contribution in [3.8, 4) is 5.75 Å². The number of ether oxygens (including phenoxy) is 3. The Balaban J connectivity index is 1.94. The third kappa shape index (κ3) is 2.66. The third-order valence-electron chi connectivity index (χ3n) is 6.72. The zero-order chi connectivity index (χ0) is 20.4. The van der Waals surface area contributed by atoms with E-state index in [1.807, 2.05) is 13.8 Å². The van der Waals surface area contributed by atoms with Gasteiger partial charge in [0, 0.05) is 37.2 Å². The molecule has 0 amide bonds. The summed E-state index contributed by atoms with van der Waals surface area (Å²) in [5.41, 5.74) is 3.60. The number of methoxy groups -OCH3 is 1. The van der Waals surface area contributed by atoms with Gasteiger partial charge in [0.15, 0.2) is 0 Å². The predicted octanol–water partition coefficient (Wildman–Crippen LogP) is 5.05. The Morgan fingerprint density at radius 1 is 1.29 bits per heavy atom. The van der Waals surface area contributed by atoms with Crippen molar-refractivity contribution in [2.75, 3.05) is 7.11 Å². The van der Waals surface area contributed by atoms with Crippen molar-refractivity contribution in [2.45, 2.75) is 77.1 Å². The summed E-state index contributed by atoms with van der Waals surface area (Å²) in [6.45, 7) is 10.4. The number of carbonyl (C=O) groups is 1. The molecule has 3 aliphatic rings. The molecule has 1 heterocycles. The lowest BCUT2D eigenvalue weighted by Gasteiger charge is -2.52. The second kappa shape index (κ2) is 6.24. The molecule has 2 aliphatic carbocycles. The number of allylic oxidation sites excluding steroid dienone is 1. The highest BCUT2D eigenvalue weighted by Gasteiger charge is 2.54. The highest BCUT2D eigenvalue weighted by molar-refractivity contribution is 5.90. The number of fused-ring (bicyclic) bond motifs is 2. The first-order valence-corrected chi connectivity index (χ1v) is 10.1. The fourth-order valence-corrected chi connectivity index (χ4v) is 5.33. The zero-order valence-electron chi connectivity index (χ0n) is 17.6. The Kier molecular flexibility index (Phi) is 4.31. The number of rotatable bonds is 2. The van der Waals surface area contributed by atoms with Crippen LogP contribution in [-0.4, -0.2) is 24.0 Å². The van der Waals surface area contributed by atoms with E-state index in [1.54, 1.807) is 0 Å². The Labute approximate surface area is 166 Å². The molecule has 1 aromatic rings. The standard InChI is InChI=1S/C23H30O5/c1-12(2)13-7-8-14-19-17(27-22(3,4)28-20(13)19)11-15-18(21(25)26-6)16(24)9-10-23(14,15)5/h7-8,12,15,17,24H,9-11H2,1-6H3/t15-,17-,23-/m0/s1. The largest absolute Gasteiger partial charge is 0.512 e. The van der Waals surface area contributed by atoms with Crippen molar-refractivity contribution in [3.05, 3.63) is 40.2 Å². The van der Waals surface area contributed by atoms with Gasteiger partial charge in [-0.25, -0.2) is 4.79 Å². The molecule has 0 unspecified atom stereocenters. The maximum absolute atomic E-state index is 12.5. The molecule has 0 spiro atoms. The number of hydrogen-bond donors (Lipinski definition) is 1. The number of benzene rings is 1. The Hall–Kier alpha value is -2.01. The van der Waals surface area contributed by atoms with Crippen molar-refractivity contribution in [1.82, 2.24) is 0 Å². The van der Waals surface area contributed by atoms with E-state index < -0.39 is 11.8 Å². The van der Waals surface area contributed by atoms with E-state index in [0.717, 1.165) is 23.3 Å². The maximum atomic E-state index is 12.5. The summed E-state index contributed by atoms with van der Waals surface area (Å²) in [5.74, 6) is 0.0794. The van der Waals surface area contributed by atoms with Gasteiger partial charge in [-0.05, 0) is 29.9 Å². The normalized spacial score (nSPS) is 30.4. The first kappa shape index (κ1) is 19.3. The minimum Gasteiger partial charge on any atom is -0.512 e. The molecule has 0 bridgehead atoms. The summed E-state index contributed by atoms with van der Waals surface area (Å²) < 4.78 is 17.7. The number of carbonyl (C=O) groups excluding carboxylic acids is 1. The number of hydrogen-bond acceptors (Lipinski definition) is 5. The number of aliphatic hydroxyl groups is 1. The van der Waals surface area contributed by atoms with Crippen molar-refractivity contribution < 1.29 is 24.1 Å². The van der Waals surface area contributed by atoms with Gasteiger partial charge >= 0.3 is 5.97 Å². The Bertz CT molecular complexity index is 866. The van der Waals surface area contributed by atoms with Gasteiger partial charge in [-0.1, -0.05) is 32.9 Å². The van der Waals surface area contributed by atoms with Crippen LogP contribution in [0.4, 0.5) is 0 Å². The average Bonchev–Trinajstić information content (AvgIpc) is 2.61. The van der Waals surface area contributed by atoms with Crippen LogP contribution in [0.5, 0.6) is 5.75 Å². The molecule has 28 heavy (non-hydrogen) atoms. The molecule has 0 fully saturated rings. The van der Waals surface area contributed by atoms with E-state index in [-0.39, 0.29) is 23.2 Å². The summed E-state index contributed by atoms with van der Waals surface area (Å²) >= 11 is 0. The van der Waals surface area contributed by atoms with Crippen LogP contribution in [0.1, 0.15) is 82.6 Å². The topological polar surface area (TPSA) is 65.0 Å². The molecule has 1 aromatic carbocycles. The first-order chi connectivity index (χ1) is 13.1. The quantitative estimate of drug-likeness (QED) is 0.720. The highest BCUT2D eigenvalue weighted by atomic mass is 16.7. The van der Waals surface area contributed by atoms with E-state index in [2.05, 4.69) is 32.9 Å². The van der Waals surface area contributed by atoms with Crippen LogP contribution >= 0.6 is 0 Å². The van der Waals surface area contributed by atoms with Gasteiger partial charge in [0.1, 0.15) is 11.5 Å².